The second kappa shape index (κ2) is 4.45. The monoisotopic (exact) mass is 286 g/mol. The van der Waals surface area contributed by atoms with Gasteiger partial charge in [0, 0.05) is 5.56 Å². The van der Waals surface area contributed by atoms with E-state index < -0.39 is 22.7 Å². The first-order chi connectivity index (χ1) is 9.99. The van der Waals surface area contributed by atoms with Crippen LogP contribution in [0.15, 0.2) is 45.6 Å². The van der Waals surface area contributed by atoms with Crippen molar-refractivity contribution in [2.45, 2.75) is 0 Å². The van der Waals surface area contributed by atoms with E-state index >= 15 is 0 Å². The van der Waals surface area contributed by atoms with E-state index in [-0.39, 0.29) is 22.5 Å². The number of fused-ring (bicyclic) bond motifs is 1. The Morgan fingerprint density at radius 1 is 0.810 bits per heavy atom. The summed E-state index contributed by atoms with van der Waals surface area (Å²) in [6.45, 7) is 0. The molecule has 0 saturated heterocycles. The number of benzene rings is 2. The Labute approximate surface area is 117 Å². The quantitative estimate of drug-likeness (QED) is 0.511. The molecule has 0 aliphatic rings. The second-order valence-corrected chi connectivity index (χ2v) is 4.47. The molecule has 4 N–H and O–H groups in total. The minimum Gasteiger partial charge on any atom is -0.508 e. The van der Waals surface area contributed by atoms with Crippen LogP contribution >= 0.6 is 0 Å². The Balaban J connectivity index is 2.39. The highest BCUT2D eigenvalue weighted by atomic mass is 16.4. The Morgan fingerprint density at radius 3 is 2.14 bits per heavy atom. The first-order valence-electron chi connectivity index (χ1n) is 5.99. The summed E-state index contributed by atoms with van der Waals surface area (Å²) in [6, 6.07) is 7.99. The van der Waals surface area contributed by atoms with Crippen molar-refractivity contribution in [2.24, 2.45) is 0 Å². The van der Waals surface area contributed by atoms with Crippen molar-refractivity contribution in [2.75, 3.05) is 0 Å². The topological polar surface area (TPSA) is 111 Å². The van der Waals surface area contributed by atoms with Gasteiger partial charge < -0.3 is 24.8 Å². The summed E-state index contributed by atoms with van der Waals surface area (Å²) >= 11 is 0. The van der Waals surface area contributed by atoms with E-state index in [0.29, 0.717) is 5.56 Å². The van der Waals surface area contributed by atoms with Crippen LogP contribution in [0.4, 0.5) is 0 Å². The van der Waals surface area contributed by atoms with Gasteiger partial charge in [0.05, 0.1) is 5.39 Å². The maximum Gasteiger partial charge on any atom is 0.235 e. The van der Waals surface area contributed by atoms with Gasteiger partial charge in [-0.1, -0.05) is 0 Å². The fourth-order valence-electron chi connectivity index (χ4n) is 2.03. The first kappa shape index (κ1) is 12.9. The SMILES string of the molecule is O=c1c(O)c(-c2ccc(O)cc2)oc2c(O)c(O)ccc12. The molecule has 0 atom stereocenters. The second-order valence-electron chi connectivity index (χ2n) is 4.47. The van der Waals surface area contributed by atoms with Gasteiger partial charge in [-0.2, -0.15) is 0 Å². The average molecular weight is 286 g/mol. The van der Waals surface area contributed by atoms with Crippen molar-refractivity contribution >= 4 is 11.0 Å². The molecule has 1 heterocycles. The fraction of sp³-hybridized carbons (Fsp3) is 0. The molecular formula is C15H10O6. The van der Waals surface area contributed by atoms with Gasteiger partial charge in [-0.05, 0) is 36.4 Å². The van der Waals surface area contributed by atoms with Crippen LogP contribution in [0.3, 0.4) is 0 Å². The van der Waals surface area contributed by atoms with Gasteiger partial charge in [-0.25, -0.2) is 0 Å². The third-order valence-corrected chi connectivity index (χ3v) is 3.12. The number of phenols is 3. The van der Waals surface area contributed by atoms with Crippen molar-refractivity contribution in [3.05, 3.63) is 46.6 Å². The van der Waals surface area contributed by atoms with E-state index in [4.69, 9.17) is 4.42 Å². The van der Waals surface area contributed by atoms with Crippen molar-refractivity contribution in [3.8, 4) is 34.3 Å². The van der Waals surface area contributed by atoms with E-state index in [1.165, 1.54) is 30.3 Å². The molecule has 0 saturated carbocycles. The summed E-state index contributed by atoms with van der Waals surface area (Å²) in [6.07, 6.45) is 0. The lowest BCUT2D eigenvalue weighted by molar-refractivity contribution is 0.397. The molecule has 3 aromatic rings. The van der Waals surface area contributed by atoms with Crippen LogP contribution in [0.25, 0.3) is 22.3 Å². The van der Waals surface area contributed by atoms with Crippen molar-refractivity contribution in [1.29, 1.82) is 0 Å². The zero-order valence-electron chi connectivity index (χ0n) is 10.6. The third-order valence-electron chi connectivity index (χ3n) is 3.12. The molecular weight excluding hydrogens is 276 g/mol. The maximum atomic E-state index is 12.1. The van der Waals surface area contributed by atoms with Crippen LogP contribution in [0, 0.1) is 0 Å². The van der Waals surface area contributed by atoms with Crippen molar-refractivity contribution in [1.82, 2.24) is 0 Å². The number of rotatable bonds is 1. The van der Waals surface area contributed by atoms with Crippen molar-refractivity contribution < 1.29 is 24.8 Å². The Bertz CT molecular complexity index is 893. The zero-order chi connectivity index (χ0) is 15.1. The summed E-state index contributed by atoms with van der Waals surface area (Å²) in [5, 5.41) is 38.4. The van der Waals surface area contributed by atoms with Gasteiger partial charge in [-0.15, -0.1) is 0 Å². The number of hydrogen-bond donors (Lipinski definition) is 4. The Kier molecular flexibility index (Phi) is 2.72. The smallest absolute Gasteiger partial charge is 0.235 e. The summed E-state index contributed by atoms with van der Waals surface area (Å²) in [5.74, 6) is -1.77. The van der Waals surface area contributed by atoms with Gasteiger partial charge in [0.25, 0.3) is 0 Å². The lowest BCUT2D eigenvalue weighted by Gasteiger charge is -2.07. The van der Waals surface area contributed by atoms with Gasteiger partial charge in [-0.3, -0.25) is 4.79 Å². The predicted octanol–water partition coefficient (Wildman–Crippen LogP) is 2.28. The molecule has 2 aromatic carbocycles. The van der Waals surface area contributed by atoms with Crippen LogP contribution in [-0.4, -0.2) is 20.4 Å². The van der Waals surface area contributed by atoms with E-state index in [2.05, 4.69) is 0 Å². The summed E-state index contributed by atoms with van der Waals surface area (Å²) < 4.78 is 5.37. The molecule has 0 spiro atoms. The molecule has 21 heavy (non-hydrogen) atoms. The Hall–Kier alpha value is -3.15. The normalized spacial score (nSPS) is 10.9. The molecule has 0 bridgehead atoms. The molecule has 0 aliphatic heterocycles. The molecule has 6 nitrogen and oxygen atoms in total. The van der Waals surface area contributed by atoms with Crippen molar-refractivity contribution in [3.63, 3.8) is 0 Å². The Morgan fingerprint density at radius 2 is 1.48 bits per heavy atom. The van der Waals surface area contributed by atoms with Crippen LogP contribution in [0.1, 0.15) is 0 Å². The molecule has 3 rings (SSSR count). The minimum absolute atomic E-state index is 0.0156. The largest absolute Gasteiger partial charge is 0.508 e. The summed E-state index contributed by atoms with van der Waals surface area (Å²) in [7, 11) is 0. The highest BCUT2D eigenvalue weighted by Gasteiger charge is 2.18. The predicted molar refractivity (Wildman–Crippen MR) is 74.6 cm³/mol. The first-order valence-corrected chi connectivity index (χ1v) is 5.99. The third kappa shape index (κ3) is 1.93. The molecule has 106 valence electrons. The molecule has 0 radical (unpaired) electrons. The van der Waals surface area contributed by atoms with E-state index in [0.717, 1.165) is 6.07 Å². The van der Waals surface area contributed by atoms with E-state index in [1.807, 2.05) is 0 Å². The lowest BCUT2D eigenvalue weighted by atomic mass is 10.1. The molecule has 0 amide bonds. The number of hydrogen-bond acceptors (Lipinski definition) is 6. The molecule has 0 aliphatic carbocycles. The van der Waals surface area contributed by atoms with E-state index in [1.54, 1.807) is 0 Å². The fourth-order valence-corrected chi connectivity index (χ4v) is 2.03. The minimum atomic E-state index is -0.727. The summed E-state index contributed by atoms with van der Waals surface area (Å²) in [5.41, 5.74) is -0.609. The maximum absolute atomic E-state index is 12.1. The van der Waals surface area contributed by atoms with Crippen LogP contribution < -0.4 is 5.43 Å². The lowest BCUT2D eigenvalue weighted by Crippen LogP contribution is -2.02. The van der Waals surface area contributed by atoms with Gasteiger partial charge in [0.2, 0.25) is 16.9 Å². The highest BCUT2D eigenvalue weighted by molar-refractivity contribution is 5.88. The molecule has 6 heteroatoms. The molecule has 0 fully saturated rings. The highest BCUT2D eigenvalue weighted by Crippen LogP contribution is 2.37. The van der Waals surface area contributed by atoms with Gasteiger partial charge >= 0.3 is 0 Å². The number of aromatic hydroxyl groups is 4. The van der Waals surface area contributed by atoms with Crippen LogP contribution in [0.2, 0.25) is 0 Å². The molecule has 0 unspecified atom stereocenters. The van der Waals surface area contributed by atoms with Gasteiger partial charge in [0.1, 0.15) is 5.75 Å². The molecule has 1 aromatic heterocycles. The standard InChI is InChI=1S/C15H10O6/c16-8-3-1-7(2-4-8)14-13(20)11(18)9-5-6-10(17)12(19)15(9)21-14/h1-6,16-17,19-20H. The zero-order valence-corrected chi connectivity index (χ0v) is 10.6. The van der Waals surface area contributed by atoms with Crippen LogP contribution in [0.5, 0.6) is 23.0 Å². The summed E-state index contributed by atoms with van der Waals surface area (Å²) in [4.78, 5) is 12.1. The average Bonchev–Trinajstić information content (AvgIpc) is 2.48. The van der Waals surface area contributed by atoms with Gasteiger partial charge in [0.15, 0.2) is 17.1 Å². The van der Waals surface area contributed by atoms with E-state index in [9.17, 15) is 25.2 Å². The number of phenolic OH excluding ortho intramolecular Hbond substituents is 3. The van der Waals surface area contributed by atoms with Crippen LogP contribution in [-0.2, 0) is 0 Å².